The molecule has 5 nitrogen and oxygen atoms in total. The van der Waals surface area contributed by atoms with Crippen LogP contribution in [0.5, 0.6) is 0 Å². The van der Waals surface area contributed by atoms with E-state index >= 15 is 0 Å². The van der Waals surface area contributed by atoms with Crippen LogP contribution in [0.2, 0.25) is 0 Å². The quantitative estimate of drug-likeness (QED) is 0.697. The van der Waals surface area contributed by atoms with Gasteiger partial charge in [0.2, 0.25) is 6.29 Å². The lowest BCUT2D eigenvalue weighted by Crippen LogP contribution is -2.59. The van der Waals surface area contributed by atoms with E-state index in [1.807, 2.05) is 6.08 Å². The van der Waals surface area contributed by atoms with Gasteiger partial charge in [-0.2, -0.15) is 0 Å². The second kappa shape index (κ2) is 6.85. The molecule has 1 aliphatic heterocycles. The van der Waals surface area contributed by atoms with Crippen LogP contribution in [0.4, 0.5) is 4.39 Å². The third-order valence-electron chi connectivity index (χ3n) is 9.35. The molecule has 0 N–H and O–H groups in total. The van der Waals surface area contributed by atoms with E-state index in [4.69, 9.17) is 13.9 Å². The van der Waals surface area contributed by atoms with Crippen molar-refractivity contribution in [1.82, 2.24) is 0 Å². The van der Waals surface area contributed by atoms with E-state index in [0.29, 0.717) is 36.4 Å². The third-order valence-corrected chi connectivity index (χ3v) is 9.35. The first-order valence-electron chi connectivity index (χ1n) is 11.7. The molecule has 3 unspecified atom stereocenters. The van der Waals surface area contributed by atoms with Crippen molar-refractivity contribution < 1.29 is 27.9 Å². The second-order valence-corrected chi connectivity index (χ2v) is 10.4. The summed E-state index contributed by atoms with van der Waals surface area (Å²) in [5.41, 5.74) is -0.387. The number of carbonyl (C=O) groups is 2. The summed E-state index contributed by atoms with van der Waals surface area (Å²) in [4.78, 5) is 25.1. The average Bonchev–Trinajstić information content (AvgIpc) is 3.47. The highest BCUT2D eigenvalue weighted by atomic mass is 19.1. The fourth-order valence-electron chi connectivity index (χ4n) is 8.08. The minimum absolute atomic E-state index is 0.253. The maximum atomic E-state index is 13.9. The number of allylic oxidation sites excluding steroid dienone is 1. The topological polar surface area (TPSA) is 65.7 Å². The molecular weight excluding hydrogens is 399 g/mol. The zero-order valence-corrected chi connectivity index (χ0v) is 17.8. The standard InChI is InChI=1S/C25H29FO5/c1-24-9-8-17-16-7-5-15(27)11-14(16)4-6-18(17)19(24)12-22-25(24,21(28)13-26)31-23(30-22)20-3-2-10-29-20/h2-3,10-11,16-19,22-23H,4-9,12-13H2,1H3/t16-,17?,18?,19?,22+,23+,24-,25+/m0/s1. The van der Waals surface area contributed by atoms with Gasteiger partial charge in [-0.05, 0) is 80.4 Å². The minimum atomic E-state index is -1.26. The Bertz CT molecular complexity index is 938. The average molecular weight is 429 g/mol. The Labute approximate surface area is 181 Å². The maximum absolute atomic E-state index is 13.9. The molecule has 0 amide bonds. The zero-order valence-electron chi connectivity index (χ0n) is 17.8. The van der Waals surface area contributed by atoms with Crippen molar-refractivity contribution in [2.45, 2.75) is 69.9 Å². The van der Waals surface area contributed by atoms with Gasteiger partial charge >= 0.3 is 0 Å². The minimum Gasteiger partial charge on any atom is -0.464 e. The predicted octanol–water partition coefficient (Wildman–Crippen LogP) is 4.72. The summed E-state index contributed by atoms with van der Waals surface area (Å²) >= 11 is 0. The van der Waals surface area contributed by atoms with Crippen LogP contribution in [0.25, 0.3) is 0 Å². The molecule has 2 heterocycles. The van der Waals surface area contributed by atoms with Crippen LogP contribution in [0.3, 0.4) is 0 Å². The van der Waals surface area contributed by atoms with Crippen LogP contribution in [0.15, 0.2) is 34.5 Å². The number of alkyl halides is 1. The molecule has 1 aromatic heterocycles. The van der Waals surface area contributed by atoms with Gasteiger partial charge in [-0.15, -0.1) is 0 Å². The number of carbonyl (C=O) groups excluding carboxylic acids is 2. The molecule has 3 saturated carbocycles. The third kappa shape index (κ3) is 2.55. The zero-order chi connectivity index (χ0) is 21.4. The van der Waals surface area contributed by atoms with Gasteiger partial charge in [0.1, 0.15) is 0 Å². The van der Waals surface area contributed by atoms with Gasteiger partial charge in [0.25, 0.3) is 0 Å². The molecule has 8 atom stereocenters. The first-order chi connectivity index (χ1) is 15.0. The number of rotatable bonds is 3. The van der Waals surface area contributed by atoms with Crippen molar-refractivity contribution in [3.8, 4) is 0 Å². The van der Waals surface area contributed by atoms with Gasteiger partial charge < -0.3 is 13.9 Å². The van der Waals surface area contributed by atoms with Crippen LogP contribution < -0.4 is 0 Å². The highest BCUT2D eigenvalue weighted by Crippen LogP contribution is 2.69. The lowest BCUT2D eigenvalue weighted by Gasteiger charge is -2.55. The molecule has 4 fully saturated rings. The number of halogens is 1. The van der Waals surface area contributed by atoms with Crippen LogP contribution in [0.1, 0.15) is 63.9 Å². The van der Waals surface area contributed by atoms with E-state index in [1.165, 1.54) is 5.57 Å². The summed E-state index contributed by atoms with van der Waals surface area (Å²) in [5, 5.41) is 0. The van der Waals surface area contributed by atoms with Crippen LogP contribution in [0, 0.1) is 29.1 Å². The van der Waals surface area contributed by atoms with Gasteiger partial charge in [-0.1, -0.05) is 12.5 Å². The van der Waals surface area contributed by atoms with E-state index in [0.717, 1.165) is 32.1 Å². The Morgan fingerprint density at radius 2 is 2.10 bits per heavy atom. The molecule has 31 heavy (non-hydrogen) atoms. The Balaban J connectivity index is 1.35. The highest BCUT2D eigenvalue weighted by molar-refractivity contribution is 5.92. The van der Waals surface area contributed by atoms with Crippen molar-refractivity contribution in [3.05, 3.63) is 35.8 Å². The molecule has 0 aromatic carbocycles. The summed E-state index contributed by atoms with van der Waals surface area (Å²) in [5.74, 6) is 2.01. The highest BCUT2D eigenvalue weighted by Gasteiger charge is 2.74. The van der Waals surface area contributed by atoms with Crippen molar-refractivity contribution in [3.63, 3.8) is 0 Å². The van der Waals surface area contributed by atoms with Crippen LogP contribution >= 0.6 is 0 Å². The van der Waals surface area contributed by atoms with Gasteiger partial charge in [-0.25, -0.2) is 4.39 Å². The van der Waals surface area contributed by atoms with Gasteiger partial charge in [0.15, 0.2) is 29.6 Å². The fraction of sp³-hybridized carbons (Fsp3) is 0.680. The maximum Gasteiger partial charge on any atom is 0.218 e. The Morgan fingerprint density at radius 3 is 2.87 bits per heavy atom. The van der Waals surface area contributed by atoms with E-state index in [-0.39, 0.29) is 11.7 Å². The number of fused-ring (bicyclic) bond motifs is 7. The number of ketones is 2. The summed E-state index contributed by atoms with van der Waals surface area (Å²) in [6, 6.07) is 3.53. The first kappa shape index (κ1) is 19.9. The molecule has 4 aliphatic carbocycles. The number of hydrogen-bond donors (Lipinski definition) is 0. The van der Waals surface area contributed by atoms with Gasteiger partial charge in [-0.3, -0.25) is 9.59 Å². The van der Waals surface area contributed by atoms with E-state index in [2.05, 4.69) is 6.92 Å². The number of ether oxygens (including phenoxy) is 2. The Kier molecular flexibility index (Phi) is 4.39. The van der Waals surface area contributed by atoms with E-state index < -0.39 is 35.9 Å². The first-order valence-corrected chi connectivity index (χ1v) is 11.7. The molecule has 166 valence electrons. The van der Waals surface area contributed by atoms with Crippen LogP contribution in [-0.4, -0.2) is 29.9 Å². The van der Waals surface area contributed by atoms with Gasteiger partial charge in [0.05, 0.1) is 12.4 Å². The summed E-state index contributed by atoms with van der Waals surface area (Å²) in [6.07, 6.45) is 8.30. The molecule has 0 bridgehead atoms. The fourth-order valence-corrected chi connectivity index (χ4v) is 8.08. The normalized spacial score (nSPS) is 46.0. The summed E-state index contributed by atoms with van der Waals surface area (Å²) in [6.45, 7) is 1.09. The van der Waals surface area contributed by atoms with E-state index in [9.17, 15) is 14.0 Å². The van der Waals surface area contributed by atoms with Crippen molar-refractivity contribution in [2.24, 2.45) is 29.1 Å². The monoisotopic (exact) mass is 428 g/mol. The molecule has 1 saturated heterocycles. The lowest BCUT2D eigenvalue weighted by atomic mass is 9.50. The van der Waals surface area contributed by atoms with Crippen molar-refractivity contribution in [2.75, 3.05) is 6.67 Å². The predicted molar refractivity (Wildman–Crippen MR) is 109 cm³/mol. The summed E-state index contributed by atoms with van der Waals surface area (Å²) in [7, 11) is 0. The number of hydrogen-bond acceptors (Lipinski definition) is 5. The SMILES string of the molecule is C[C@]12CCC3C(CCC4=CC(=O)CC[C@@H]43)C1C[C@H]1O[C@@H](c3ccco3)O[C@]12C(=O)CF. The molecule has 0 spiro atoms. The van der Waals surface area contributed by atoms with E-state index in [1.54, 1.807) is 18.4 Å². The largest absolute Gasteiger partial charge is 0.464 e. The molecule has 5 aliphatic rings. The smallest absolute Gasteiger partial charge is 0.218 e. The van der Waals surface area contributed by atoms with Crippen molar-refractivity contribution in [1.29, 1.82) is 0 Å². The molecule has 0 radical (unpaired) electrons. The van der Waals surface area contributed by atoms with Crippen molar-refractivity contribution >= 4 is 11.6 Å². The Hall–Kier alpha value is -1.79. The van der Waals surface area contributed by atoms with Crippen LogP contribution in [-0.2, 0) is 19.1 Å². The molecular formula is C25H29FO5. The molecule has 6 heteroatoms. The molecule has 1 aromatic rings. The number of furan rings is 1. The lowest BCUT2D eigenvalue weighted by molar-refractivity contribution is -0.187. The Morgan fingerprint density at radius 1 is 1.23 bits per heavy atom. The molecule has 6 rings (SSSR count). The van der Waals surface area contributed by atoms with Gasteiger partial charge in [0, 0.05) is 11.8 Å². The second-order valence-electron chi connectivity index (χ2n) is 10.4. The summed E-state index contributed by atoms with van der Waals surface area (Å²) < 4.78 is 32.0. The number of Topliss-reactive ketones (excluding diaryl/α,β-unsaturated/α-hetero) is 1.